The van der Waals surface area contributed by atoms with Gasteiger partial charge in [-0.15, -0.1) is 0 Å². The summed E-state index contributed by atoms with van der Waals surface area (Å²) < 4.78 is 5.39. The van der Waals surface area contributed by atoms with Gasteiger partial charge in [0.25, 0.3) is 0 Å². The first-order valence-corrected chi connectivity index (χ1v) is 10.5. The van der Waals surface area contributed by atoms with Crippen molar-refractivity contribution in [3.05, 3.63) is 27.8 Å². The van der Waals surface area contributed by atoms with Crippen molar-refractivity contribution in [1.29, 1.82) is 0 Å². The normalized spacial score (nSPS) is 11.0. The highest BCUT2D eigenvalue weighted by molar-refractivity contribution is 5.48. The number of hydrogen-bond acceptors (Lipinski definition) is 4. The summed E-state index contributed by atoms with van der Waals surface area (Å²) >= 11 is 0. The zero-order valence-electron chi connectivity index (χ0n) is 16.4. The van der Waals surface area contributed by atoms with Gasteiger partial charge in [-0.05, 0) is 25.7 Å². The van der Waals surface area contributed by atoms with Gasteiger partial charge in [0.15, 0.2) is 0 Å². The van der Waals surface area contributed by atoms with Crippen LogP contribution in [0.2, 0.25) is 0 Å². The average Bonchev–Trinajstić information content (AvgIpc) is 2.62. The molecular formula is C22H36O4. The second kappa shape index (κ2) is 14.6. The van der Waals surface area contributed by atoms with Gasteiger partial charge in [-0.2, -0.15) is 0 Å². The van der Waals surface area contributed by atoms with E-state index in [4.69, 9.17) is 4.42 Å². The third-order valence-corrected chi connectivity index (χ3v) is 4.85. The van der Waals surface area contributed by atoms with Gasteiger partial charge in [-0.3, -0.25) is 0 Å². The Morgan fingerprint density at radius 2 is 1.46 bits per heavy atom. The minimum Gasteiger partial charge on any atom is -0.507 e. The molecule has 0 aromatic carbocycles. The lowest BCUT2D eigenvalue weighted by Crippen LogP contribution is -2.09. The largest absolute Gasteiger partial charge is 0.507 e. The molecule has 0 saturated heterocycles. The van der Waals surface area contributed by atoms with Crippen LogP contribution in [0.15, 0.2) is 15.3 Å². The van der Waals surface area contributed by atoms with Gasteiger partial charge in [-0.25, -0.2) is 4.79 Å². The highest BCUT2D eigenvalue weighted by Crippen LogP contribution is 2.19. The van der Waals surface area contributed by atoms with Crippen LogP contribution in [0.3, 0.4) is 0 Å². The van der Waals surface area contributed by atoms with E-state index in [1.165, 1.54) is 32.1 Å². The number of rotatable bonds is 16. The Labute approximate surface area is 158 Å². The molecule has 0 radical (unpaired) electrons. The topological polar surface area (TPSA) is 67.5 Å². The molecule has 0 aliphatic heterocycles. The molecular weight excluding hydrogens is 328 g/mol. The Bertz CT molecular complexity index is 548. The Balaban J connectivity index is 2.29. The number of carbonyl (C=O) groups excluding carboxylic acids is 1. The number of carbonyl (C=O) groups is 1. The highest BCUT2D eigenvalue weighted by Gasteiger charge is 2.11. The fourth-order valence-electron chi connectivity index (χ4n) is 3.22. The molecule has 26 heavy (non-hydrogen) atoms. The lowest BCUT2D eigenvalue weighted by Gasteiger charge is -2.06. The zero-order chi connectivity index (χ0) is 19.0. The van der Waals surface area contributed by atoms with Crippen LogP contribution in [0.5, 0.6) is 5.75 Å². The van der Waals surface area contributed by atoms with E-state index in [-0.39, 0.29) is 11.4 Å². The summed E-state index contributed by atoms with van der Waals surface area (Å²) in [6.45, 7) is 2.22. The lowest BCUT2D eigenvalue weighted by molar-refractivity contribution is -0.107. The van der Waals surface area contributed by atoms with Crippen LogP contribution < -0.4 is 5.63 Å². The van der Waals surface area contributed by atoms with E-state index in [0.717, 1.165) is 51.2 Å². The molecule has 1 rings (SSSR count). The van der Waals surface area contributed by atoms with Gasteiger partial charge in [0, 0.05) is 18.9 Å². The minimum absolute atomic E-state index is 0.0835. The van der Waals surface area contributed by atoms with Crippen molar-refractivity contribution in [3.63, 3.8) is 0 Å². The Kier molecular flexibility index (Phi) is 12.6. The molecule has 1 aromatic heterocycles. The second-order valence-corrected chi connectivity index (χ2v) is 7.21. The van der Waals surface area contributed by atoms with E-state index in [1.807, 2.05) is 0 Å². The molecule has 0 bridgehead atoms. The van der Waals surface area contributed by atoms with Crippen LogP contribution in [0.4, 0.5) is 0 Å². The fraction of sp³-hybridized carbons (Fsp3) is 0.727. The molecule has 0 aliphatic carbocycles. The quantitative estimate of drug-likeness (QED) is 0.301. The molecule has 1 heterocycles. The summed E-state index contributed by atoms with van der Waals surface area (Å²) in [5.41, 5.74) is 0.0186. The number of hydrogen-bond donors (Lipinski definition) is 1. The highest BCUT2D eigenvalue weighted by atomic mass is 16.4. The predicted molar refractivity (Wildman–Crippen MR) is 106 cm³/mol. The van der Waals surface area contributed by atoms with E-state index in [2.05, 4.69) is 6.92 Å². The van der Waals surface area contributed by atoms with Crippen molar-refractivity contribution in [1.82, 2.24) is 0 Å². The molecule has 1 N–H and O–H groups in total. The van der Waals surface area contributed by atoms with Gasteiger partial charge >= 0.3 is 5.63 Å². The number of unbranched alkanes of at least 4 members (excludes halogenated alkanes) is 11. The predicted octanol–water partition coefficient (Wildman–Crippen LogP) is 5.72. The summed E-state index contributed by atoms with van der Waals surface area (Å²) in [5.74, 6) is 0.679. The minimum atomic E-state index is -0.385. The van der Waals surface area contributed by atoms with Crippen LogP contribution in [-0.4, -0.2) is 11.4 Å². The van der Waals surface area contributed by atoms with E-state index < -0.39 is 0 Å². The van der Waals surface area contributed by atoms with Crippen LogP contribution in [0, 0.1) is 0 Å². The smallest absolute Gasteiger partial charge is 0.342 e. The SMILES string of the molecule is CCCCCCCCCc1cc(O)c(CCCCCCCC=O)c(=O)o1. The average molecular weight is 365 g/mol. The van der Waals surface area contributed by atoms with Crippen molar-refractivity contribution in [2.45, 2.75) is 103 Å². The molecule has 0 atom stereocenters. The number of aryl methyl sites for hydroxylation is 1. The summed E-state index contributed by atoms with van der Waals surface area (Å²) in [6.07, 6.45) is 16.2. The van der Waals surface area contributed by atoms with Gasteiger partial charge in [-0.1, -0.05) is 64.7 Å². The van der Waals surface area contributed by atoms with Crippen molar-refractivity contribution < 1.29 is 14.3 Å². The maximum atomic E-state index is 12.1. The van der Waals surface area contributed by atoms with E-state index in [9.17, 15) is 14.7 Å². The number of aromatic hydroxyl groups is 1. The van der Waals surface area contributed by atoms with Gasteiger partial charge < -0.3 is 14.3 Å². The molecule has 4 heteroatoms. The van der Waals surface area contributed by atoms with Crippen molar-refractivity contribution >= 4 is 6.29 Å². The molecule has 4 nitrogen and oxygen atoms in total. The molecule has 148 valence electrons. The van der Waals surface area contributed by atoms with Gasteiger partial charge in [0.1, 0.15) is 17.8 Å². The summed E-state index contributed by atoms with van der Waals surface area (Å²) in [5, 5.41) is 10.1. The van der Waals surface area contributed by atoms with Crippen LogP contribution in [0.25, 0.3) is 0 Å². The van der Waals surface area contributed by atoms with Gasteiger partial charge in [0.2, 0.25) is 0 Å². The maximum absolute atomic E-state index is 12.1. The Morgan fingerprint density at radius 1 is 0.885 bits per heavy atom. The van der Waals surface area contributed by atoms with Gasteiger partial charge in [0.05, 0.1) is 5.56 Å². The first-order valence-electron chi connectivity index (χ1n) is 10.5. The lowest BCUT2D eigenvalue weighted by atomic mass is 10.0. The molecule has 0 amide bonds. The molecule has 0 spiro atoms. The van der Waals surface area contributed by atoms with E-state index in [1.54, 1.807) is 6.07 Å². The fourth-order valence-corrected chi connectivity index (χ4v) is 3.22. The first kappa shape index (κ1) is 22.5. The third-order valence-electron chi connectivity index (χ3n) is 4.85. The maximum Gasteiger partial charge on any atom is 0.342 e. The van der Waals surface area contributed by atoms with Crippen molar-refractivity contribution in [2.75, 3.05) is 0 Å². The Hall–Kier alpha value is -1.58. The van der Waals surface area contributed by atoms with Crippen LogP contribution in [0.1, 0.15) is 102 Å². The standard InChI is InChI=1S/C22H36O4/c1-2-3-4-5-6-9-12-15-19-18-21(24)20(22(25)26-19)16-13-10-7-8-11-14-17-23/h17-18,24H,2-16H2,1H3. The molecule has 0 saturated carbocycles. The monoisotopic (exact) mass is 364 g/mol. The zero-order valence-corrected chi connectivity index (χ0v) is 16.4. The molecule has 0 aliphatic rings. The molecule has 0 unspecified atom stereocenters. The first-order chi connectivity index (χ1) is 12.7. The van der Waals surface area contributed by atoms with E-state index in [0.29, 0.717) is 30.6 Å². The molecule has 1 aromatic rings. The number of aldehydes is 1. The van der Waals surface area contributed by atoms with Crippen LogP contribution >= 0.6 is 0 Å². The van der Waals surface area contributed by atoms with Crippen molar-refractivity contribution in [3.8, 4) is 5.75 Å². The summed E-state index contributed by atoms with van der Waals surface area (Å²) in [4.78, 5) is 22.4. The summed E-state index contributed by atoms with van der Waals surface area (Å²) in [6, 6.07) is 1.62. The summed E-state index contributed by atoms with van der Waals surface area (Å²) in [7, 11) is 0. The third kappa shape index (κ3) is 9.79. The van der Waals surface area contributed by atoms with Crippen LogP contribution in [-0.2, 0) is 17.6 Å². The Morgan fingerprint density at radius 3 is 2.08 bits per heavy atom. The van der Waals surface area contributed by atoms with Crippen molar-refractivity contribution in [2.24, 2.45) is 0 Å². The van der Waals surface area contributed by atoms with E-state index >= 15 is 0 Å². The second-order valence-electron chi connectivity index (χ2n) is 7.21. The molecule has 0 fully saturated rings.